The summed E-state index contributed by atoms with van der Waals surface area (Å²) in [5.74, 6) is -0.318. The van der Waals surface area contributed by atoms with Crippen LogP contribution in [0.25, 0.3) is 0 Å². The van der Waals surface area contributed by atoms with Gasteiger partial charge in [0.2, 0.25) is 11.0 Å². The second kappa shape index (κ2) is 6.91. The molecule has 112 valence electrons. The lowest BCUT2D eigenvalue weighted by Crippen LogP contribution is -2.24. The van der Waals surface area contributed by atoms with Gasteiger partial charge in [0, 0.05) is 5.69 Å². The second-order valence-corrected chi connectivity index (χ2v) is 7.14. The van der Waals surface area contributed by atoms with Crippen molar-refractivity contribution in [2.45, 2.75) is 36.8 Å². The number of aryl methyl sites for hydroxylation is 2. The van der Waals surface area contributed by atoms with E-state index in [1.165, 1.54) is 34.2 Å². The Bertz CT molecular complexity index is 642. The SMILES string of the molecule is CC[C@H](Sc1nnc(Nc2ccc(C)c(C)c2)s1)C(N)=O. The molecule has 2 aromatic rings. The lowest BCUT2D eigenvalue weighted by molar-refractivity contribution is -0.117. The molecule has 1 atom stereocenters. The van der Waals surface area contributed by atoms with Crippen LogP contribution in [0, 0.1) is 13.8 Å². The van der Waals surface area contributed by atoms with Crippen molar-refractivity contribution in [3.8, 4) is 0 Å². The molecule has 1 aromatic heterocycles. The number of hydrogen-bond acceptors (Lipinski definition) is 6. The van der Waals surface area contributed by atoms with Crippen molar-refractivity contribution in [1.82, 2.24) is 10.2 Å². The predicted molar refractivity (Wildman–Crippen MR) is 88.2 cm³/mol. The normalized spacial score (nSPS) is 12.1. The lowest BCUT2D eigenvalue weighted by atomic mass is 10.1. The topological polar surface area (TPSA) is 80.9 Å². The van der Waals surface area contributed by atoms with E-state index in [9.17, 15) is 4.79 Å². The van der Waals surface area contributed by atoms with Crippen LogP contribution in [-0.4, -0.2) is 21.4 Å². The third-order valence-corrected chi connectivity index (χ3v) is 5.40. The number of carbonyl (C=O) groups excluding carboxylic acids is 1. The van der Waals surface area contributed by atoms with Crippen LogP contribution in [-0.2, 0) is 4.79 Å². The molecule has 0 bridgehead atoms. The minimum Gasteiger partial charge on any atom is -0.369 e. The van der Waals surface area contributed by atoms with Crippen LogP contribution in [0.1, 0.15) is 24.5 Å². The smallest absolute Gasteiger partial charge is 0.230 e. The molecule has 1 amide bonds. The summed E-state index contributed by atoms with van der Waals surface area (Å²) < 4.78 is 0.743. The van der Waals surface area contributed by atoms with Crippen LogP contribution in [0.3, 0.4) is 0 Å². The van der Waals surface area contributed by atoms with Crippen molar-refractivity contribution < 1.29 is 4.79 Å². The third kappa shape index (κ3) is 4.18. The number of nitrogens with two attached hydrogens (primary N) is 1. The number of carbonyl (C=O) groups is 1. The van der Waals surface area contributed by atoms with Gasteiger partial charge in [-0.2, -0.15) is 0 Å². The number of primary amides is 1. The molecule has 0 saturated carbocycles. The van der Waals surface area contributed by atoms with Gasteiger partial charge in [-0.3, -0.25) is 4.79 Å². The molecule has 1 aromatic carbocycles. The Hall–Kier alpha value is -1.60. The van der Waals surface area contributed by atoms with Gasteiger partial charge >= 0.3 is 0 Å². The Kier molecular flexibility index (Phi) is 5.19. The number of hydrogen-bond donors (Lipinski definition) is 2. The van der Waals surface area contributed by atoms with E-state index >= 15 is 0 Å². The van der Waals surface area contributed by atoms with Gasteiger partial charge in [-0.15, -0.1) is 10.2 Å². The molecule has 7 heteroatoms. The molecule has 0 fully saturated rings. The van der Waals surface area contributed by atoms with E-state index in [0.717, 1.165) is 10.0 Å². The molecule has 1 heterocycles. The highest BCUT2D eigenvalue weighted by atomic mass is 32.2. The summed E-state index contributed by atoms with van der Waals surface area (Å²) in [5, 5.41) is 11.9. The molecule has 0 aliphatic heterocycles. The molecule has 0 unspecified atom stereocenters. The van der Waals surface area contributed by atoms with Gasteiger partial charge in [0.05, 0.1) is 5.25 Å². The van der Waals surface area contributed by atoms with Gasteiger partial charge in [0.1, 0.15) is 0 Å². The summed E-state index contributed by atoms with van der Waals surface area (Å²) in [6.45, 7) is 6.08. The van der Waals surface area contributed by atoms with E-state index in [4.69, 9.17) is 5.73 Å². The quantitative estimate of drug-likeness (QED) is 0.798. The van der Waals surface area contributed by atoms with Crippen molar-refractivity contribution in [3.63, 3.8) is 0 Å². The Labute approximate surface area is 132 Å². The number of nitrogens with one attached hydrogen (secondary N) is 1. The average molecular weight is 322 g/mol. The zero-order valence-corrected chi connectivity index (χ0v) is 13.8. The molecule has 21 heavy (non-hydrogen) atoms. The van der Waals surface area contributed by atoms with Crippen LogP contribution in [0.5, 0.6) is 0 Å². The third-order valence-electron chi connectivity index (χ3n) is 3.10. The van der Waals surface area contributed by atoms with Gasteiger partial charge in [-0.1, -0.05) is 36.1 Å². The van der Waals surface area contributed by atoms with Gasteiger partial charge in [0.25, 0.3) is 0 Å². The Morgan fingerprint density at radius 2 is 2.14 bits per heavy atom. The fraction of sp³-hybridized carbons (Fsp3) is 0.357. The number of thioether (sulfide) groups is 1. The van der Waals surface area contributed by atoms with Crippen molar-refractivity contribution >= 4 is 39.8 Å². The van der Waals surface area contributed by atoms with Crippen molar-refractivity contribution in [2.24, 2.45) is 5.73 Å². The highest BCUT2D eigenvalue weighted by Gasteiger charge is 2.17. The standard InChI is InChI=1S/C14H18N4OS2/c1-4-11(12(15)19)20-14-18-17-13(21-14)16-10-6-5-8(2)9(3)7-10/h5-7,11H,4H2,1-3H3,(H2,15,19)(H,16,17)/t11-/m0/s1. The summed E-state index contributed by atoms with van der Waals surface area (Å²) in [6, 6.07) is 6.14. The summed E-state index contributed by atoms with van der Waals surface area (Å²) in [4.78, 5) is 11.2. The van der Waals surface area contributed by atoms with E-state index < -0.39 is 0 Å². The van der Waals surface area contributed by atoms with Crippen LogP contribution in [0.4, 0.5) is 10.8 Å². The molecule has 2 rings (SSSR count). The minimum absolute atomic E-state index is 0.257. The summed E-state index contributed by atoms with van der Waals surface area (Å²) in [5.41, 5.74) is 8.79. The fourth-order valence-electron chi connectivity index (χ4n) is 1.71. The van der Waals surface area contributed by atoms with Crippen LogP contribution in [0.2, 0.25) is 0 Å². The number of anilines is 2. The maximum atomic E-state index is 11.2. The Morgan fingerprint density at radius 1 is 1.38 bits per heavy atom. The van der Waals surface area contributed by atoms with Gasteiger partial charge in [-0.25, -0.2) is 0 Å². The van der Waals surface area contributed by atoms with Crippen LogP contribution in [0.15, 0.2) is 22.5 Å². The van der Waals surface area contributed by atoms with Crippen LogP contribution < -0.4 is 11.1 Å². The lowest BCUT2D eigenvalue weighted by Gasteiger charge is -2.06. The van der Waals surface area contributed by atoms with E-state index in [-0.39, 0.29) is 11.2 Å². The summed E-state index contributed by atoms with van der Waals surface area (Å²) in [6.07, 6.45) is 0.680. The van der Waals surface area contributed by atoms with Crippen LogP contribution >= 0.6 is 23.1 Å². The highest BCUT2D eigenvalue weighted by molar-refractivity contribution is 8.02. The van der Waals surface area contributed by atoms with Gasteiger partial charge in [0.15, 0.2) is 4.34 Å². The fourth-order valence-corrected chi connectivity index (χ4v) is 3.60. The number of amides is 1. The van der Waals surface area contributed by atoms with E-state index in [2.05, 4.69) is 41.5 Å². The Morgan fingerprint density at radius 3 is 2.76 bits per heavy atom. The van der Waals surface area contributed by atoms with Crippen molar-refractivity contribution in [1.29, 1.82) is 0 Å². The number of nitrogens with zero attached hydrogens (tertiary/aromatic N) is 2. The molecule has 3 N–H and O–H groups in total. The first-order chi connectivity index (χ1) is 9.99. The number of aromatic nitrogens is 2. The van der Waals surface area contributed by atoms with Crippen molar-refractivity contribution in [2.75, 3.05) is 5.32 Å². The number of benzene rings is 1. The predicted octanol–water partition coefficient (Wildman–Crippen LogP) is 3.25. The zero-order chi connectivity index (χ0) is 15.4. The highest BCUT2D eigenvalue weighted by Crippen LogP contribution is 2.31. The van der Waals surface area contributed by atoms with E-state index in [0.29, 0.717) is 11.6 Å². The summed E-state index contributed by atoms with van der Waals surface area (Å²) in [7, 11) is 0. The zero-order valence-electron chi connectivity index (χ0n) is 12.2. The maximum absolute atomic E-state index is 11.2. The molecule has 0 aliphatic rings. The average Bonchev–Trinajstić information content (AvgIpc) is 2.87. The molecule has 0 spiro atoms. The van der Waals surface area contributed by atoms with E-state index in [1.54, 1.807) is 0 Å². The van der Waals surface area contributed by atoms with E-state index in [1.807, 2.05) is 13.0 Å². The monoisotopic (exact) mass is 322 g/mol. The Balaban J connectivity index is 2.06. The first-order valence-corrected chi connectivity index (χ1v) is 8.33. The summed E-state index contributed by atoms with van der Waals surface area (Å²) >= 11 is 2.78. The minimum atomic E-state index is -0.318. The molecular weight excluding hydrogens is 304 g/mol. The first-order valence-electron chi connectivity index (χ1n) is 6.63. The molecule has 5 nitrogen and oxygen atoms in total. The van der Waals surface area contributed by atoms with Gasteiger partial charge < -0.3 is 11.1 Å². The van der Waals surface area contributed by atoms with Crippen molar-refractivity contribution in [3.05, 3.63) is 29.3 Å². The largest absolute Gasteiger partial charge is 0.369 e. The molecule has 0 saturated heterocycles. The number of rotatable bonds is 6. The second-order valence-electron chi connectivity index (χ2n) is 4.71. The first kappa shape index (κ1) is 15.8. The maximum Gasteiger partial charge on any atom is 0.230 e. The molecule has 0 aliphatic carbocycles. The molecule has 0 radical (unpaired) electrons. The van der Waals surface area contributed by atoms with Gasteiger partial charge in [-0.05, 0) is 43.5 Å². The molecular formula is C14H18N4OS2.